The molecule has 0 aromatic heterocycles. The zero-order chi connectivity index (χ0) is 35.3. The smallest absolute Gasteiger partial charge is 0.102 e. The summed E-state index contributed by atoms with van der Waals surface area (Å²) in [6, 6.07) is 40.2. The number of fused-ring (bicyclic) bond motifs is 6. The van der Waals surface area contributed by atoms with E-state index in [0.29, 0.717) is 0 Å². The molecule has 2 aliphatic rings. The Balaban J connectivity index is 1.19. The van der Waals surface area contributed by atoms with Crippen LogP contribution in [0.4, 0.5) is 0 Å². The van der Waals surface area contributed by atoms with Crippen molar-refractivity contribution in [2.45, 2.75) is 38.5 Å². The Morgan fingerprint density at radius 3 is 1.51 bits per heavy atom. The SMILES string of the molecule is Bc1c(B)c(B)c(-c2ccc3ccc4c(-c5ccc6c(c5)-c5cc7c(cc5C6(C)C)C(C)(C)c5ccccc5-7)ccc5ccc2c3c54)c(B)c1B. The monoisotopic (exact) mass is 646 g/mol. The maximum atomic E-state index is 2.54. The fourth-order valence-corrected chi connectivity index (χ4v) is 10.3. The molecule has 0 aliphatic heterocycles. The maximum Gasteiger partial charge on any atom is 0.139 e. The van der Waals surface area contributed by atoms with Crippen molar-refractivity contribution < 1.29 is 0 Å². The summed E-state index contributed by atoms with van der Waals surface area (Å²) in [5.41, 5.74) is 23.6. The lowest BCUT2D eigenvalue weighted by molar-refractivity contribution is 0.639. The van der Waals surface area contributed by atoms with Gasteiger partial charge in [-0.05, 0) is 111 Å². The van der Waals surface area contributed by atoms with Gasteiger partial charge in [0.05, 0.1) is 0 Å². The van der Waals surface area contributed by atoms with Crippen molar-refractivity contribution >= 4 is 98.9 Å². The van der Waals surface area contributed by atoms with Gasteiger partial charge in [0.1, 0.15) is 39.2 Å². The van der Waals surface area contributed by atoms with Gasteiger partial charge in [-0.2, -0.15) is 0 Å². The second-order valence-electron chi connectivity index (χ2n) is 16.6. The second kappa shape index (κ2) is 10.1. The van der Waals surface area contributed by atoms with Crippen LogP contribution in [0.1, 0.15) is 49.9 Å². The van der Waals surface area contributed by atoms with Gasteiger partial charge in [0.15, 0.2) is 0 Å². The Labute approximate surface area is 306 Å². The van der Waals surface area contributed by atoms with Crippen molar-refractivity contribution in [1.82, 2.24) is 0 Å². The lowest BCUT2D eigenvalue weighted by Gasteiger charge is -2.25. The molecule has 0 saturated heterocycles. The van der Waals surface area contributed by atoms with Crippen LogP contribution in [0, 0.1) is 0 Å². The highest BCUT2D eigenvalue weighted by atomic mass is 14.4. The van der Waals surface area contributed by atoms with E-state index in [4.69, 9.17) is 0 Å². The second-order valence-corrected chi connectivity index (χ2v) is 16.6. The molecule has 238 valence electrons. The predicted octanol–water partition coefficient (Wildman–Crippen LogP) is 3.82. The molecule has 0 N–H and O–H groups in total. The molecule has 2 aliphatic carbocycles. The van der Waals surface area contributed by atoms with Crippen molar-refractivity contribution in [3.8, 4) is 44.5 Å². The molecule has 8 aromatic carbocycles. The predicted molar refractivity (Wildman–Crippen MR) is 237 cm³/mol. The minimum absolute atomic E-state index is 0.00688. The summed E-state index contributed by atoms with van der Waals surface area (Å²) < 4.78 is 0. The topological polar surface area (TPSA) is 0 Å². The third kappa shape index (κ3) is 3.88. The van der Waals surface area contributed by atoms with Gasteiger partial charge in [0.2, 0.25) is 0 Å². The number of hydrogen-bond acceptors (Lipinski definition) is 0. The fraction of sp³-hybridized carbons (Fsp3) is 0.130. The summed E-state index contributed by atoms with van der Waals surface area (Å²) >= 11 is 0. The van der Waals surface area contributed by atoms with Crippen LogP contribution in [0.15, 0.2) is 103 Å². The minimum Gasteiger partial charge on any atom is -0.102 e. The van der Waals surface area contributed by atoms with E-state index in [-0.39, 0.29) is 10.8 Å². The van der Waals surface area contributed by atoms with Gasteiger partial charge in [-0.3, -0.25) is 0 Å². The van der Waals surface area contributed by atoms with Gasteiger partial charge in [-0.1, -0.05) is 130 Å². The van der Waals surface area contributed by atoms with Crippen molar-refractivity contribution in [2.24, 2.45) is 0 Å². The molecule has 0 heterocycles. The van der Waals surface area contributed by atoms with Crippen LogP contribution in [0.5, 0.6) is 0 Å². The third-order valence-electron chi connectivity index (χ3n) is 13.6. The van der Waals surface area contributed by atoms with E-state index in [1.54, 1.807) is 0 Å². The summed E-state index contributed by atoms with van der Waals surface area (Å²) in [4.78, 5) is 0. The molecule has 0 bridgehead atoms. The Morgan fingerprint density at radius 2 is 0.863 bits per heavy atom. The highest BCUT2D eigenvalue weighted by Crippen LogP contribution is 2.56. The van der Waals surface area contributed by atoms with E-state index in [1.807, 2.05) is 0 Å². The number of rotatable bonds is 2. The fourth-order valence-electron chi connectivity index (χ4n) is 10.3. The molecule has 0 saturated carbocycles. The Morgan fingerprint density at radius 1 is 0.373 bits per heavy atom. The highest BCUT2D eigenvalue weighted by molar-refractivity contribution is 6.69. The number of hydrogen-bond donors (Lipinski definition) is 0. The highest BCUT2D eigenvalue weighted by Gasteiger charge is 2.41. The van der Waals surface area contributed by atoms with Crippen molar-refractivity contribution in [2.75, 3.05) is 0 Å². The van der Waals surface area contributed by atoms with E-state index in [1.165, 1.54) is 126 Å². The Kier molecular flexibility index (Phi) is 6.14. The van der Waals surface area contributed by atoms with Gasteiger partial charge in [0, 0.05) is 10.8 Å². The van der Waals surface area contributed by atoms with Crippen LogP contribution >= 0.6 is 0 Å². The van der Waals surface area contributed by atoms with E-state index in [0.717, 1.165) is 0 Å². The average molecular weight is 646 g/mol. The minimum atomic E-state index is -0.0644. The van der Waals surface area contributed by atoms with Crippen molar-refractivity contribution in [3.63, 3.8) is 0 Å². The van der Waals surface area contributed by atoms with Gasteiger partial charge in [0.25, 0.3) is 0 Å². The van der Waals surface area contributed by atoms with E-state index in [9.17, 15) is 0 Å². The van der Waals surface area contributed by atoms with E-state index < -0.39 is 0 Å². The summed E-state index contributed by atoms with van der Waals surface area (Å²) in [6.45, 7) is 9.60. The first kappa shape index (κ1) is 30.9. The van der Waals surface area contributed by atoms with Gasteiger partial charge < -0.3 is 0 Å². The first-order valence-corrected chi connectivity index (χ1v) is 18.6. The van der Waals surface area contributed by atoms with Gasteiger partial charge >= 0.3 is 0 Å². The first-order valence-electron chi connectivity index (χ1n) is 18.6. The molecule has 0 atom stereocenters. The normalized spacial score (nSPS) is 15.0. The molecule has 51 heavy (non-hydrogen) atoms. The quantitative estimate of drug-likeness (QED) is 0.198. The zero-order valence-electron chi connectivity index (χ0n) is 31.3. The van der Waals surface area contributed by atoms with Crippen molar-refractivity contribution in [1.29, 1.82) is 0 Å². The average Bonchev–Trinajstić information content (AvgIpc) is 3.50. The van der Waals surface area contributed by atoms with Crippen LogP contribution < -0.4 is 27.3 Å². The molecule has 0 unspecified atom stereocenters. The molecule has 8 aromatic rings. The van der Waals surface area contributed by atoms with Crippen molar-refractivity contribution in [3.05, 3.63) is 125 Å². The third-order valence-corrected chi connectivity index (χ3v) is 13.6. The molecular weight excluding hydrogens is 607 g/mol. The lowest BCUT2D eigenvalue weighted by Crippen LogP contribution is -2.55. The van der Waals surface area contributed by atoms with E-state index in [2.05, 4.69) is 170 Å². The standard InChI is InChI=1S/C46H39B5/c1-45(2)33-8-6-5-7-26(33)31-20-32-30-19-24(13-18-34(30)46(3,4)36(32)21-35(31)45)25-14-9-22-11-16-28-29(17-12-23-10-15-27(25)37(22)38(23)28)39-40(47)42(49)44(51)43(50)41(39)48/h5-21H,47-51H2,1-4H3. The van der Waals surface area contributed by atoms with E-state index >= 15 is 0 Å². The summed E-state index contributed by atoms with van der Waals surface area (Å²) in [5.74, 6) is 0. The van der Waals surface area contributed by atoms with Crippen LogP contribution in [-0.2, 0) is 10.8 Å². The Bertz CT molecular complexity index is 2830. The molecular formula is C46H39B5. The summed E-state index contributed by atoms with van der Waals surface area (Å²) in [5, 5.41) is 8.04. The molecule has 10 rings (SSSR count). The zero-order valence-corrected chi connectivity index (χ0v) is 31.3. The Hall–Kier alpha value is -4.88. The maximum absolute atomic E-state index is 2.54. The van der Waals surface area contributed by atoms with Crippen LogP contribution in [-0.4, -0.2) is 39.2 Å². The first-order chi connectivity index (χ1) is 24.4. The molecule has 0 radical (unpaired) electrons. The summed E-state index contributed by atoms with van der Waals surface area (Å²) in [7, 11) is 11.4. The largest absolute Gasteiger partial charge is 0.139 e. The molecule has 0 fully saturated rings. The van der Waals surface area contributed by atoms with Crippen LogP contribution in [0.3, 0.4) is 0 Å². The number of benzene rings is 8. The molecule has 0 amide bonds. The lowest BCUT2D eigenvalue weighted by atomic mass is 9.59. The van der Waals surface area contributed by atoms with Crippen LogP contribution in [0.2, 0.25) is 0 Å². The van der Waals surface area contributed by atoms with Gasteiger partial charge in [-0.25, -0.2) is 0 Å². The molecule has 5 heteroatoms. The molecule has 0 spiro atoms. The van der Waals surface area contributed by atoms with Crippen LogP contribution in [0.25, 0.3) is 76.8 Å². The van der Waals surface area contributed by atoms with Gasteiger partial charge in [-0.15, -0.1) is 16.4 Å². The summed E-state index contributed by atoms with van der Waals surface area (Å²) in [6.07, 6.45) is 0. The molecule has 0 nitrogen and oxygen atoms in total.